The maximum atomic E-state index is 10.4. The summed E-state index contributed by atoms with van der Waals surface area (Å²) in [4.78, 5) is 2.35. The summed E-state index contributed by atoms with van der Waals surface area (Å²) in [5.74, 6) is 0. The van der Waals surface area contributed by atoms with Crippen LogP contribution >= 0.6 is 22.7 Å². The Morgan fingerprint density at radius 2 is 2.11 bits per heavy atom. The standard InChI is InChI=1S/C14H19NOS2/c1-10-6-8-18-13(10)11(2)15-9-14(3,16)12-5-4-7-17-12/h4-8,11,15-16H,9H2,1-3H3. The third-order valence-corrected chi connectivity index (χ3v) is 5.42. The molecule has 0 spiro atoms. The second kappa shape index (κ2) is 5.53. The molecule has 2 heterocycles. The number of hydrogen-bond acceptors (Lipinski definition) is 4. The third kappa shape index (κ3) is 3.01. The predicted molar refractivity (Wildman–Crippen MR) is 79.4 cm³/mol. The van der Waals surface area contributed by atoms with Gasteiger partial charge in [-0.25, -0.2) is 0 Å². The van der Waals surface area contributed by atoms with Crippen molar-refractivity contribution < 1.29 is 5.11 Å². The zero-order valence-corrected chi connectivity index (χ0v) is 12.6. The van der Waals surface area contributed by atoms with Crippen LogP contribution < -0.4 is 5.32 Å². The first-order valence-electron chi connectivity index (χ1n) is 6.04. The second-order valence-electron chi connectivity index (χ2n) is 4.82. The Balaban J connectivity index is 1.98. The summed E-state index contributed by atoms with van der Waals surface area (Å²) < 4.78 is 0. The largest absolute Gasteiger partial charge is 0.383 e. The van der Waals surface area contributed by atoms with Crippen LogP contribution in [0.5, 0.6) is 0 Å². The Kier molecular flexibility index (Phi) is 4.22. The van der Waals surface area contributed by atoms with E-state index >= 15 is 0 Å². The molecule has 0 saturated carbocycles. The fourth-order valence-electron chi connectivity index (χ4n) is 1.94. The summed E-state index contributed by atoms with van der Waals surface area (Å²) in [7, 11) is 0. The van der Waals surface area contributed by atoms with Crippen LogP contribution in [0, 0.1) is 6.92 Å². The van der Waals surface area contributed by atoms with Crippen LogP contribution in [-0.2, 0) is 5.60 Å². The van der Waals surface area contributed by atoms with E-state index in [9.17, 15) is 5.11 Å². The maximum absolute atomic E-state index is 10.4. The van der Waals surface area contributed by atoms with Crippen molar-refractivity contribution in [1.82, 2.24) is 5.32 Å². The van der Waals surface area contributed by atoms with E-state index in [-0.39, 0.29) is 6.04 Å². The molecule has 0 radical (unpaired) electrons. The molecule has 4 heteroatoms. The van der Waals surface area contributed by atoms with Gasteiger partial charge < -0.3 is 10.4 Å². The smallest absolute Gasteiger partial charge is 0.108 e. The van der Waals surface area contributed by atoms with Crippen molar-refractivity contribution in [3.63, 3.8) is 0 Å². The molecule has 0 aliphatic rings. The van der Waals surface area contributed by atoms with Gasteiger partial charge in [0.15, 0.2) is 0 Å². The Morgan fingerprint density at radius 1 is 1.33 bits per heavy atom. The van der Waals surface area contributed by atoms with Gasteiger partial charge in [0.2, 0.25) is 0 Å². The van der Waals surface area contributed by atoms with E-state index in [0.717, 1.165) is 4.88 Å². The number of thiophene rings is 2. The number of hydrogen-bond donors (Lipinski definition) is 2. The van der Waals surface area contributed by atoms with Crippen LogP contribution in [0.25, 0.3) is 0 Å². The molecule has 0 bridgehead atoms. The Morgan fingerprint density at radius 3 is 2.67 bits per heavy atom. The molecule has 2 nitrogen and oxygen atoms in total. The van der Waals surface area contributed by atoms with Gasteiger partial charge in [-0.2, -0.15) is 0 Å². The molecule has 2 aromatic heterocycles. The molecule has 0 amide bonds. The van der Waals surface area contributed by atoms with Crippen molar-refractivity contribution in [3.8, 4) is 0 Å². The minimum atomic E-state index is -0.798. The average molecular weight is 281 g/mol. The molecule has 2 atom stereocenters. The predicted octanol–water partition coefficient (Wildman–Crippen LogP) is 3.68. The highest BCUT2D eigenvalue weighted by atomic mass is 32.1. The summed E-state index contributed by atoms with van der Waals surface area (Å²) in [5.41, 5.74) is 0.517. The molecule has 0 aromatic carbocycles. The van der Waals surface area contributed by atoms with Crippen molar-refractivity contribution >= 4 is 22.7 Å². The van der Waals surface area contributed by atoms with Gasteiger partial charge in [0.05, 0.1) is 0 Å². The molecular formula is C14H19NOS2. The lowest BCUT2D eigenvalue weighted by atomic mass is 10.0. The van der Waals surface area contributed by atoms with Gasteiger partial charge >= 0.3 is 0 Å². The fraction of sp³-hybridized carbons (Fsp3) is 0.429. The van der Waals surface area contributed by atoms with E-state index in [4.69, 9.17) is 0 Å². The number of aliphatic hydroxyl groups is 1. The van der Waals surface area contributed by atoms with E-state index in [2.05, 4.69) is 30.6 Å². The van der Waals surface area contributed by atoms with Crippen molar-refractivity contribution in [3.05, 3.63) is 44.3 Å². The van der Waals surface area contributed by atoms with Gasteiger partial charge in [0.1, 0.15) is 5.60 Å². The summed E-state index contributed by atoms with van der Waals surface area (Å²) in [6, 6.07) is 6.36. The number of nitrogens with one attached hydrogen (secondary N) is 1. The monoisotopic (exact) mass is 281 g/mol. The first-order chi connectivity index (χ1) is 8.50. The van der Waals surface area contributed by atoms with Gasteiger partial charge in [0, 0.05) is 22.3 Å². The van der Waals surface area contributed by atoms with Crippen LogP contribution in [-0.4, -0.2) is 11.7 Å². The molecule has 18 heavy (non-hydrogen) atoms. The van der Waals surface area contributed by atoms with Gasteiger partial charge in [-0.1, -0.05) is 6.07 Å². The van der Waals surface area contributed by atoms with Crippen LogP contribution in [0.2, 0.25) is 0 Å². The van der Waals surface area contributed by atoms with E-state index in [1.165, 1.54) is 10.4 Å². The molecule has 0 aliphatic carbocycles. The molecule has 98 valence electrons. The molecule has 2 rings (SSSR count). The van der Waals surface area contributed by atoms with E-state index in [1.807, 2.05) is 24.4 Å². The topological polar surface area (TPSA) is 32.3 Å². The summed E-state index contributed by atoms with van der Waals surface area (Å²) >= 11 is 3.36. The maximum Gasteiger partial charge on any atom is 0.108 e. The van der Waals surface area contributed by atoms with E-state index in [0.29, 0.717) is 6.54 Å². The SMILES string of the molecule is Cc1ccsc1C(C)NCC(C)(O)c1cccs1. The average Bonchev–Trinajstić information content (AvgIpc) is 2.96. The zero-order chi connectivity index (χ0) is 13.2. The van der Waals surface area contributed by atoms with Gasteiger partial charge in [-0.05, 0) is 49.2 Å². The molecule has 2 unspecified atom stereocenters. The summed E-state index contributed by atoms with van der Waals surface area (Å²) in [6.45, 7) is 6.69. The molecule has 0 fully saturated rings. The lowest BCUT2D eigenvalue weighted by Gasteiger charge is -2.25. The summed E-state index contributed by atoms with van der Waals surface area (Å²) in [5, 5.41) is 18.0. The van der Waals surface area contributed by atoms with Crippen molar-refractivity contribution in [2.75, 3.05) is 6.54 Å². The van der Waals surface area contributed by atoms with Crippen LogP contribution in [0.1, 0.15) is 35.2 Å². The van der Waals surface area contributed by atoms with Crippen LogP contribution in [0.3, 0.4) is 0 Å². The zero-order valence-electron chi connectivity index (χ0n) is 10.9. The van der Waals surface area contributed by atoms with Crippen LogP contribution in [0.4, 0.5) is 0 Å². The van der Waals surface area contributed by atoms with Crippen molar-refractivity contribution in [2.24, 2.45) is 0 Å². The van der Waals surface area contributed by atoms with Crippen molar-refractivity contribution in [2.45, 2.75) is 32.4 Å². The molecule has 0 aliphatic heterocycles. The second-order valence-corrected chi connectivity index (χ2v) is 6.72. The quantitative estimate of drug-likeness (QED) is 0.876. The normalized spacial score (nSPS) is 16.4. The van der Waals surface area contributed by atoms with Crippen molar-refractivity contribution in [1.29, 1.82) is 0 Å². The third-order valence-electron chi connectivity index (χ3n) is 3.10. The number of aryl methyl sites for hydroxylation is 1. The fourth-order valence-corrected chi connectivity index (χ4v) is 3.69. The Bertz CT molecular complexity index is 488. The minimum absolute atomic E-state index is 0.274. The van der Waals surface area contributed by atoms with Gasteiger partial charge in [-0.3, -0.25) is 0 Å². The lowest BCUT2D eigenvalue weighted by molar-refractivity contribution is 0.0582. The van der Waals surface area contributed by atoms with Crippen LogP contribution in [0.15, 0.2) is 29.0 Å². The molecule has 2 aromatic rings. The molecular weight excluding hydrogens is 262 g/mol. The highest BCUT2D eigenvalue weighted by Crippen LogP contribution is 2.27. The minimum Gasteiger partial charge on any atom is -0.383 e. The first-order valence-corrected chi connectivity index (χ1v) is 7.80. The molecule has 2 N–H and O–H groups in total. The van der Waals surface area contributed by atoms with E-state index < -0.39 is 5.60 Å². The summed E-state index contributed by atoms with van der Waals surface area (Å²) in [6.07, 6.45) is 0. The van der Waals surface area contributed by atoms with E-state index in [1.54, 1.807) is 22.7 Å². The Labute approximate surface area is 116 Å². The highest BCUT2D eigenvalue weighted by Gasteiger charge is 2.25. The number of rotatable bonds is 5. The highest BCUT2D eigenvalue weighted by molar-refractivity contribution is 7.10. The lowest BCUT2D eigenvalue weighted by Crippen LogP contribution is -2.36. The molecule has 0 saturated heterocycles. The first kappa shape index (κ1) is 13.7. The van der Waals surface area contributed by atoms with Gasteiger partial charge in [-0.15, -0.1) is 22.7 Å². The van der Waals surface area contributed by atoms with Gasteiger partial charge in [0.25, 0.3) is 0 Å². The Hall–Kier alpha value is -0.680.